The van der Waals surface area contributed by atoms with Gasteiger partial charge in [-0.2, -0.15) is 0 Å². The molecule has 0 fully saturated rings. The maximum Gasteiger partial charge on any atom is 0.177 e. The zero-order valence-electron chi connectivity index (χ0n) is 8.33. The van der Waals surface area contributed by atoms with Crippen LogP contribution < -0.4 is 0 Å². The van der Waals surface area contributed by atoms with Crippen molar-refractivity contribution in [2.75, 3.05) is 13.7 Å². The van der Waals surface area contributed by atoms with Gasteiger partial charge in [0.05, 0.1) is 6.61 Å². The molecule has 13 heavy (non-hydrogen) atoms. The Morgan fingerprint density at radius 1 is 1.62 bits per heavy atom. The molecule has 74 valence electrons. The molecule has 0 atom stereocenters. The van der Waals surface area contributed by atoms with Crippen LogP contribution in [0.15, 0.2) is 6.20 Å². The lowest BCUT2D eigenvalue weighted by molar-refractivity contribution is 0.185. The summed E-state index contributed by atoms with van der Waals surface area (Å²) in [4.78, 5) is 3.05. The number of ether oxygens (including phenoxy) is 1. The molecule has 0 unspecified atom stereocenters. The maximum absolute atomic E-state index is 5.16. The van der Waals surface area contributed by atoms with Crippen LogP contribution in [0.25, 0.3) is 0 Å². The number of hydrogen-bond donors (Lipinski definition) is 1. The van der Waals surface area contributed by atoms with E-state index >= 15 is 0 Å². The highest BCUT2D eigenvalue weighted by Crippen LogP contribution is 2.13. The highest BCUT2D eigenvalue weighted by atomic mass is 32.1. The summed E-state index contributed by atoms with van der Waals surface area (Å²) >= 11 is 5.16. The van der Waals surface area contributed by atoms with E-state index in [1.54, 1.807) is 7.11 Å². The molecular formula is C9H16N2OS. The summed E-state index contributed by atoms with van der Waals surface area (Å²) < 4.78 is 7.89. The zero-order chi connectivity index (χ0) is 9.84. The summed E-state index contributed by atoms with van der Waals surface area (Å²) in [5.41, 5.74) is 1.24. The van der Waals surface area contributed by atoms with Crippen molar-refractivity contribution in [2.24, 2.45) is 0 Å². The van der Waals surface area contributed by atoms with Gasteiger partial charge in [-0.15, -0.1) is 0 Å². The van der Waals surface area contributed by atoms with Gasteiger partial charge >= 0.3 is 0 Å². The number of methoxy groups -OCH3 is 1. The predicted octanol–water partition coefficient (Wildman–Crippen LogP) is 2.32. The number of H-pyrrole nitrogens is 1. The van der Waals surface area contributed by atoms with Gasteiger partial charge in [-0.25, -0.2) is 0 Å². The first-order valence-corrected chi connectivity index (χ1v) is 4.84. The van der Waals surface area contributed by atoms with Crippen molar-refractivity contribution < 1.29 is 4.74 Å². The van der Waals surface area contributed by atoms with Crippen molar-refractivity contribution in [3.05, 3.63) is 16.7 Å². The minimum Gasteiger partial charge on any atom is -0.383 e. The van der Waals surface area contributed by atoms with Gasteiger partial charge < -0.3 is 14.3 Å². The predicted molar refractivity (Wildman–Crippen MR) is 55.6 cm³/mol. The lowest BCUT2D eigenvalue weighted by atomic mass is 10.1. The zero-order valence-corrected chi connectivity index (χ0v) is 9.15. The van der Waals surface area contributed by atoms with Gasteiger partial charge in [-0.3, -0.25) is 0 Å². The molecule has 0 saturated heterocycles. The lowest BCUT2D eigenvalue weighted by Gasteiger charge is -2.09. The second-order valence-corrected chi connectivity index (χ2v) is 3.70. The molecule has 0 aliphatic carbocycles. The van der Waals surface area contributed by atoms with E-state index in [1.165, 1.54) is 5.69 Å². The molecule has 1 rings (SSSR count). The molecule has 0 radical (unpaired) electrons. The Kier molecular flexibility index (Phi) is 3.69. The van der Waals surface area contributed by atoms with Crippen LogP contribution in [0.3, 0.4) is 0 Å². The van der Waals surface area contributed by atoms with Gasteiger partial charge in [0.15, 0.2) is 4.77 Å². The van der Waals surface area contributed by atoms with Crippen LogP contribution in [0.5, 0.6) is 0 Å². The quantitative estimate of drug-likeness (QED) is 0.756. The van der Waals surface area contributed by atoms with Crippen molar-refractivity contribution >= 4 is 12.2 Å². The third-order valence-corrected chi connectivity index (χ3v) is 2.35. The molecule has 0 aromatic carbocycles. The Balaban J connectivity index is 2.88. The molecule has 1 heterocycles. The average molecular weight is 200 g/mol. The van der Waals surface area contributed by atoms with E-state index in [0.29, 0.717) is 12.5 Å². The molecule has 3 nitrogen and oxygen atoms in total. The average Bonchev–Trinajstić information content (AvgIpc) is 2.43. The molecule has 0 saturated carbocycles. The molecular weight excluding hydrogens is 184 g/mol. The number of nitrogens with zero attached hydrogens (tertiary/aromatic N) is 1. The number of aromatic nitrogens is 2. The number of nitrogens with one attached hydrogen (secondary N) is 1. The molecule has 1 aromatic heterocycles. The fraction of sp³-hybridized carbons (Fsp3) is 0.667. The van der Waals surface area contributed by atoms with Gasteiger partial charge in [0.2, 0.25) is 0 Å². The number of rotatable bonds is 4. The third-order valence-electron chi connectivity index (χ3n) is 2.01. The molecule has 4 heteroatoms. The molecule has 0 aliphatic heterocycles. The maximum atomic E-state index is 5.16. The monoisotopic (exact) mass is 200 g/mol. The fourth-order valence-corrected chi connectivity index (χ4v) is 1.56. The number of hydrogen-bond acceptors (Lipinski definition) is 2. The third kappa shape index (κ3) is 2.42. The van der Waals surface area contributed by atoms with Crippen LogP contribution >= 0.6 is 12.2 Å². The Labute approximate surface area is 83.7 Å². The molecule has 0 amide bonds. The minimum absolute atomic E-state index is 0.491. The smallest absolute Gasteiger partial charge is 0.177 e. The summed E-state index contributed by atoms with van der Waals surface area (Å²) in [7, 11) is 1.70. The summed E-state index contributed by atoms with van der Waals surface area (Å²) in [5, 5.41) is 0. The van der Waals surface area contributed by atoms with Crippen molar-refractivity contribution in [1.82, 2.24) is 9.55 Å². The van der Waals surface area contributed by atoms with E-state index in [-0.39, 0.29) is 0 Å². The van der Waals surface area contributed by atoms with Gasteiger partial charge in [0.25, 0.3) is 0 Å². The first-order chi connectivity index (χ1) is 6.16. The van der Waals surface area contributed by atoms with E-state index in [9.17, 15) is 0 Å². The van der Waals surface area contributed by atoms with Gasteiger partial charge in [-0.1, -0.05) is 13.8 Å². The normalized spacial score (nSPS) is 11.1. The van der Waals surface area contributed by atoms with Crippen LogP contribution in [0.2, 0.25) is 0 Å². The Bertz CT molecular complexity index is 314. The Morgan fingerprint density at radius 3 is 2.85 bits per heavy atom. The van der Waals surface area contributed by atoms with Gasteiger partial charge in [0.1, 0.15) is 0 Å². The molecule has 1 aromatic rings. The highest BCUT2D eigenvalue weighted by molar-refractivity contribution is 7.71. The summed E-state index contributed by atoms with van der Waals surface area (Å²) in [6.07, 6.45) is 1.97. The van der Waals surface area contributed by atoms with E-state index in [1.807, 2.05) is 6.20 Å². The van der Waals surface area contributed by atoms with Crippen molar-refractivity contribution in [3.63, 3.8) is 0 Å². The molecule has 0 aliphatic rings. The highest BCUT2D eigenvalue weighted by Gasteiger charge is 2.06. The second kappa shape index (κ2) is 4.58. The van der Waals surface area contributed by atoms with E-state index in [2.05, 4.69) is 23.4 Å². The van der Waals surface area contributed by atoms with E-state index < -0.39 is 0 Å². The van der Waals surface area contributed by atoms with Crippen LogP contribution in [-0.4, -0.2) is 23.3 Å². The minimum atomic E-state index is 0.491. The van der Waals surface area contributed by atoms with Crippen molar-refractivity contribution in [1.29, 1.82) is 0 Å². The standard InChI is InChI=1S/C9H16N2OS/c1-7(2)8-6-10-9(13)11(8)4-5-12-3/h6-7H,4-5H2,1-3H3,(H,10,13). The molecule has 1 N–H and O–H groups in total. The Hall–Kier alpha value is -0.610. The van der Waals surface area contributed by atoms with E-state index in [4.69, 9.17) is 17.0 Å². The summed E-state index contributed by atoms with van der Waals surface area (Å²) in [6, 6.07) is 0. The number of aromatic amines is 1. The van der Waals surface area contributed by atoms with Gasteiger partial charge in [-0.05, 0) is 18.1 Å². The molecule has 0 spiro atoms. The summed E-state index contributed by atoms with van der Waals surface area (Å²) in [6.45, 7) is 5.83. The molecule has 0 bridgehead atoms. The van der Waals surface area contributed by atoms with Crippen LogP contribution in [0.1, 0.15) is 25.5 Å². The second-order valence-electron chi connectivity index (χ2n) is 3.32. The van der Waals surface area contributed by atoms with Crippen LogP contribution in [-0.2, 0) is 11.3 Å². The van der Waals surface area contributed by atoms with Crippen molar-refractivity contribution in [2.45, 2.75) is 26.3 Å². The lowest BCUT2D eigenvalue weighted by Crippen LogP contribution is -2.08. The topological polar surface area (TPSA) is 29.9 Å². The van der Waals surface area contributed by atoms with E-state index in [0.717, 1.165) is 11.3 Å². The van der Waals surface area contributed by atoms with Crippen molar-refractivity contribution in [3.8, 4) is 0 Å². The van der Waals surface area contributed by atoms with Crippen LogP contribution in [0, 0.1) is 4.77 Å². The van der Waals surface area contributed by atoms with Crippen LogP contribution in [0.4, 0.5) is 0 Å². The Morgan fingerprint density at radius 2 is 2.31 bits per heavy atom. The first-order valence-electron chi connectivity index (χ1n) is 4.44. The van der Waals surface area contributed by atoms with Gasteiger partial charge in [0, 0.05) is 25.5 Å². The first kappa shape index (κ1) is 10.5. The number of imidazole rings is 1. The largest absolute Gasteiger partial charge is 0.383 e. The summed E-state index contributed by atoms with van der Waals surface area (Å²) in [5.74, 6) is 0.491. The fourth-order valence-electron chi connectivity index (χ4n) is 1.30. The SMILES string of the molecule is COCCn1c(C(C)C)c[nH]c1=S.